The lowest BCUT2D eigenvalue weighted by Gasteiger charge is -2.35. The number of nitrogens with zero attached hydrogens (tertiary/aromatic N) is 2. The van der Waals surface area contributed by atoms with Crippen molar-refractivity contribution in [3.8, 4) is 0 Å². The molecule has 6 nitrogen and oxygen atoms in total. The van der Waals surface area contributed by atoms with Gasteiger partial charge in [-0.05, 0) is 32.0 Å². The number of aromatic nitrogens is 1. The molecule has 2 heterocycles. The number of carbonyl (C=O) groups excluding carboxylic acids is 1. The van der Waals surface area contributed by atoms with E-state index >= 15 is 0 Å². The highest BCUT2D eigenvalue weighted by molar-refractivity contribution is 5.85. The number of anilines is 1. The molecule has 0 bridgehead atoms. The first-order chi connectivity index (χ1) is 10.6. The summed E-state index contributed by atoms with van der Waals surface area (Å²) in [6, 6.07) is 3.89. The van der Waals surface area contributed by atoms with Crippen molar-refractivity contribution in [3.05, 3.63) is 23.9 Å². The predicted octanol–water partition coefficient (Wildman–Crippen LogP) is 1.62. The topological polar surface area (TPSA) is 66.5 Å². The minimum absolute atomic E-state index is 0. The predicted molar refractivity (Wildman–Crippen MR) is 101 cm³/mol. The SMILES string of the molecule is COCC1(C(=O)NCc2cccnc2N(C)C)CCNCC1.Cl.Cl. The Bertz CT molecular complexity index is 503. The minimum atomic E-state index is -0.416. The van der Waals surface area contributed by atoms with Crippen molar-refractivity contribution in [2.45, 2.75) is 19.4 Å². The molecule has 0 radical (unpaired) electrons. The van der Waals surface area contributed by atoms with Crippen LogP contribution < -0.4 is 15.5 Å². The van der Waals surface area contributed by atoms with Gasteiger partial charge in [-0.25, -0.2) is 4.98 Å². The van der Waals surface area contributed by atoms with Crippen LogP contribution in [-0.4, -0.2) is 51.8 Å². The molecular weight excluding hydrogens is 351 g/mol. The van der Waals surface area contributed by atoms with Crippen LogP contribution in [0.1, 0.15) is 18.4 Å². The first-order valence-electron chi connectivity index (χ1n) is 7.68. The fourth-order valence-electron chi connectivity index (χ4n) is 2.95. The molecule has 1 saturated heterocycles. The van der Waals surface area contributed by atoms with Gasteiger partial charge in [-0.1, -0.05) is 6.07 Å². The van der Waals surface area contributed by atoms with Crippen LogP contribution >= 0.6 is 24.8 Å². The van der Waals surface area contributed by atoms with Crippen molar-refractivity contribution in [3.63, 3.8) is 0 Å². The van der Waals surface area contributed by atoms with E-state index in [1.165, 1.54) is 0 Å². The number of amides is 1. The van der Waals surface area contributed by atoms with Crippen molar-refractivity contribution in [2.24, 2.45) is 5.41 Å². The Hall–Kier alpha value is -1.08. The molecule has 0 unspecified atom stereocenters. The Morgan fingerprint density at radius 1 is 1.38 bits per heavy atom. The molecule has 1 aromatic heterocycles. The number of rotatable bonds is 6. The van der Waals surface area contributed by atoms with Crippen molar-refractivity contribution < 1.29 is 9.53 Å². The van der Waals surface area contributed by atoms with Crippen molar-refractivity contribution >= 4 is 36.5 Å². The van der Waals surface area contributed by atoms with E-state index in [2.05, 4.69) is 15.6 Å². The lowest BCUT2D eigenvalue weighted by Crippen LogP contribution is -2.50. The number of methoxy groups -OCH3 is 1. The molecule has 1 amide bonds. The Morgan fingerprint density at radius 2 is 2.04 bits per heavy atom. The van der Waals surface area contributed by atoms with Crippen LogP contribution in [0.25, 0.3) is 0 Å². The maximum absolute atomic E-state index is 12.7. The summed E-state index contributed by atoms with van der Waals surface area (Å²) in [5.41, 5.74) is 0.600. The normalized spacial score (nSPS) is 15.6. The molecule has 0 spiro atoms. The van der Waals surface area contributed by atoms with Gasteiger partial charge in [-0.3, -0.25) is 4.79 Å². The summed E-state index contributed by atoms with van der Waals surface area (Å²) in [6.45, 7) is 2.66. The molecule has 2 rings (SSSR count). The van der Waals surface area contributed by atoms with E-state index in [1.807, 2.05) is 31.1 Å². The van der Waals surface area contributed by atoms with E-state index in [9.17, 15) is 4.79 Å². The lowest BCUT2D eigenvalue weighted by molar-refractivity contribution is -0.136. The smallest absolute Gasteiger partial charge is 0.228 e. The van der Waals surface area contributed by atoms with E-state index in [1.54, 1.807) is 13.3 Å². The third-order valence-corrected chi connectivity index (χ3v) is 4.19. The summed E-state index contributed by atoms with van der Waals surface area (Å²) in [7, 11) is 5.56. The number of ether oxygens (including phenoxy) is 1. The largest absolute Gasteiger partial charge is 0.384 e. The van der Waals surface area contributed by atoms with Gasteiger partial charge in [0.25, 0.3) is 0 Å². The maximum atomic E-state index is 12.7. The van der Waals surface area contributed by atoms with Gasteiger partial charge in [0, 0.05) is 39.5 Å². The molecule has 0 atom stereocenters. The van der Waals surface area contributed by atoms with Gasteiger partial charge in [0.15, 0.2) is 0 Å². The van der Waals surface area contributed by atoms with Crippen LogP contribution in [0, 0.1) is 5.41 Å². The summed E-state index contributed by atoms with van der Waals surface area (Å²) in [6.07, 6.45) is 3.38. The van der Waals surface area contributed by atoms with Gasteiger partial charge in [-0.15, -0.1) is 24.8 Å². The number of hydrogen-bond donors (Lipinski definition) is 2. The number of nitrogens with one attached hydrogen (secondary N) is 2. The summed E-state index contributed by atoms with van der Waals surface area (Å²) >= 11 is 0. The van der Waals surface area contributed by atoms with Gasteiger partial charge < -0.3 is 20.3 Å². The van der Waals surface area contributed by atoms with Crippen molar-refractivity contribution in [1.82, 2.24) is 15.6 Å². The van der Waals surface area contributed by atoms with Crippen molar-refractivity contribution in [1.29, 1.82) is 0 Å². The lowest BCUT2D eigenvalue weighted by atomic mass is 9.78. The fraction of sp³-hybridized carbons (Fsp3) is 0.625. The van der Waals surface area contributed by atoms with Gasteiger partial charge >= 0.3 is 0 Å². The summed E-state index contributed by atoms with van der Waals surface area (Å²) in [5.74, 6) is 0.957. The molecule has 8 heteroatoms. The van der Waals surface area contributed by atoms with E-state index in [0.717, 1.165) is 37.3 Å². The third kappa shape index (κ3) is 5.48. The Labute approximate surface area is 156 Å². The van der Waals surface area contributed by atoms with Crippen LogP contribution in [-0.2, 0) is 16.1 Å². The quantitative estimate of drug-likeness (QED) is 0.787. The second-order valence-corrected chi connectivity index (χ2v) is 6.03. The van der Waals surface area contributed by atoms with Crippen molar-refractivity contribution in [2.75, 3.05) is 45.8 Å². The average Bonchev–Trinajstić information content (AvgIpc) is 2.54. The molecular formula is C16H28Cl2N4O2. The molecule has 0 aliphatic carbocycles. The highest BCUT2D eigenvalue weighted by atomic mass is 35.5. The zero-order valence-electron chi connectivity index (χ0n) is 14.5. The van der Waals surface area contributed by atoms with Crippen LogP contribution in [0.5, 0.6) is 0 Å². The first-order valence-corrected chi connectivity index (χ1v) is 7.68. The Kier molecular flexibility index (Phi) is 10.2. The van der Waals surface area contributed by atoms with Crippen LogP contribution in [0.4, 0.5) is 5.82 Å². The second kappa shape index (κ2) is 10.7. The molecule has 0 saturated carbocycles. The van der Waals surface area contributed by atoms with E-state index in [0.29, 0.717) is 13.2 Å². The Morgan fingerprint density at radius 3 is 2.62 bits per heavy atom. The highest BCUT2D eigenvalue weighted by Gasteiger charge is 2.39. The minimum Gasteiger partial charge on any atom is -0.384 e. The summed E-state index contributed by atoms with van der Waals surface area (Å²) in [5, 5.41) is 6.37. The summed E-state index contributed by atoms with van der Waals surface area (Å²) < 4.78 is 5.31. The van der Waals surface area contributed by atoms with Gasteiger partial charge in [0.2, 0.25) is 5.91 Å². The van der Waals surface area contributed by atoms with Gasteiger partial charge in [-0.2, -0.15) is 0 Å². The zero-order valence-corrected chi connectivity index (χ0v) is 16.1. The van der Waals surface area contributed by atoms with Crippen LogP contribution in [0.2, 0.25) is 0 Å². The number of halogens is 2. The highest BCUT2D eigenvalue weighted by Crippen LogP contribution is 2.29. The molecule has 0 aromatic carbocycles. The third-order valence-electron chi connectivity index (χ3n) is 4.19. The van der Waals surface area contributed by atoms with Gasteiger partial charge in [0.05, 0.1) is 12.0 Å². The van der Waals surface area contributed by atoms with E-state index in [-0.39, 0.29) is 30.7 Å². The number of hydrogen-bond acceptors (Lipinski definition) is 5. The molecule has 2 N–H and O–H groups in total. The monoisotopic (exact) mass is 378 g/mol. The van der Waals surface area contributed by atoms with Crippen LogP contribution in [0.15, 0.2) is 18.3 Å². The Balaban J connectivity index is 0.00000264. The fourth-order valence-corrected chi connectivity index (χ4v) is 2.95. The average molecular weight is 379 g/mol. The van der Waals surface area contributed by atoms with Crippen LogP contribution in [0.3, 0.4) is 0 Å². The molecule has 1 aliphatic rings. The number of piperidine rings is 1. The van der Waals surface area contributed by atoms with E-state index in [4.69, 9.17) is 4.74 Å². The summed E-state index contributed by atoms with van der Waals surface area (Å²) in [4.78, 5) is 19.0. The molecule has 138 valence electrons. The standard InChI is InChI=1S/C16H26N4O2.2ClH/c1-20(2)14-13(5-4-8-18-14)11-19-15(21)16(12-22-3)6-9-17-10-7-16;;/h4-5,8,17H,6-7,9-12H2,1-3H3,(H,19,21);2*1H. The zero-order chi connectivity index (χ0) is 16.0. The first kappa shape index (κ1) is 22.9. The van der Waals surface area contributed by atoms with E-state index < -0.39 is 5.41 Å². The maximum Gasteiger partial charge on any atom is 0.228 e. The molecule has 1 fully saturated rings. The van der Waals surface area contributed by atoms with Gasteiger partial charge in [0.1, 0.15) is 5.82 Å². The molecule has 24 heavy (non-hydrogen) atoms. The molecule has 1 aromatic rings. The number of carbonyl (C=O) groups is 1. The molecule has 1 aliphatic heterocycles. The second-order valence-electron chi connectivity index (χ2n) is 6.03. The number of pyridine rings is 1.